The van der Waals surface area contributed by atoms with E-state index in [1.54, 1.807) is 6.20 Å². The Bertz CT molecular complexity index is 1140. The fourth-order valence-electron chi connectivity index (χ4n) is 4.18. The van der Waals surface area contributed by atoms with Gasteiger partial charge in [-0.25, -0.2) is 23.7 Å². The van der Waals surface area contributed by atoms with Gasteiger partial charge in [0.25, 0.3) is 0 Å². The molecule has 0 saturated heterocycles. The molecule has 2 aliphatic rings. The first-order chi connectivity index (χ1) is 14.9. The maximum atomic E-state index is 14.5. The van der Waals surface area contributed by atoms with E-state index in [2.05, 4.69) is 30.6 Å². The summed E-state index contributed by atoms with van der Waals surface area (Å²) < 4.78 is 28.1. The average Bonchev–Trinajstić information content (AvgIpc) is 3.37. The Morgan fingerprint density at radius 2 is 2.00 bits per heavy atom. The number of rotatable bonds is 5. The zero-order valence-electron chi connectivity index (χ0n) is 17.2. The first-order valence-corrected chi connectivity index (χ1v) is 10.6. The van der Waals surface area contributed by atoms with Crippen molar-refractivity contribution in [1.29, 1.82) is 0 Å². The second kappa shape index (κ2) is 7.55. The second-order valence-corrected chi connectivity index (χ2v) is 8.88. The number of carbonyl (C=O) groups is 1. The van der Waals surface area contributed by atoms with Crippen molar-refractivity contribution in [1.82, 2.24) is 25.3 Å². The van der Waals surface area contributed by atoms with Crippen molar-refractivity contribution in [3.05, 3.63) is 36.3 Å². The summed E-state index contributed by atoms with van der Waals surface area (Å²) in [6.07, 6.45) is 9.20. The van der Waals surface area contributed by atoms with E-state index in [-0.39, 0.29) is 35.0 Å². The number of hydrogen-bond acceptors (Lipinski definition) is 5. The maximum absolute atomic E-state index is 14.5. The third-order valence-corrected chi connectivity index (χ3v) is 6.38. The van der Waals surface area contributed by atoms with Crippen molar-refractivity contribution in [2.45, 2.75) is 57.5 Å². The number of pyridine rings is 1. The van der Waals surface area contributed by atoms with Crippen molar-refractivity contribution < 1.29 is 13.6 Å². The molecular formula is C22H24F2N6O. The number of H-pyrrole nitrogens is 1. The standard InChI is InChI=1S/C22H24F2N6O/c1-22(5-6-22)21(31)29-14-4-2-3-13(8-14)28-20-17(24)11-27-19(30-20)16-10-26-18-15(16)7-12(23)9-25-18/h7,9-11,13-14H,2-6,8H2,1H3,(H,25,26)(H,29,31)(H,27,28,30)/t13-,14+/m0/s1. The average molecular weight is 426 g/mol. The van der Waals surface area contributed by atoms with Gasteiger partial charge in [-0.2, -0.15) is 0 Å². The number of amides is 1. The molecule has 2 atom stereocenters. The molecule has 9 heteroatoms. The monoisotopic (exact) mass is 426 g/mol. The normalized spacial score (nSPS) is 22.3. The number of aromatic amines is 1. The Morgan fingerprint density at radius 3 is 2.81 bits per heavy atom. The molecule has 3 aromatic rings. The molecule has 3 aromatic heterocycles. The molecule has 0 spiro atoms. The molecule has 0 aromatic carbocycles. The van der Waals surface area contributed by atoms with Crippen LogP contribution >= 0.6 is 0 Å². The maximum Gasteiger partial charge on any atom is 0.226 e. The smallest absolute Gasteiger partial charge is 0.226 e. The Balaban J connectivity index is 1.33. The molecule has 162 valence electrons. The highest BCUT2D eigenvalue weighted by atomic mass is 19.1. The van der Waals surface area contributed by atoms with Crippen LogP contribution in [0.2, 0.25) is 0 Å². The number of halogens is 2. The molecule has 5 rings (SSSR count). The zero-order valence-corrected chi connectivity index (χ0v) is 17.2. The highest BCUT2D eigenvalue weighted by Gasteiger charge is 2.45. The minimum atomic E-state index is -0.551. The van der Waals surface area contributed by atoms with Gasteiger partial charge in [0, 0.05) is 34.6 Å². The van der Waals surface area contributed by atoms with Gasteiger partial charge in [-0.3, -0.25) is 4.79 Å². The first kappa shape index (κ1) is 19.8. The molecule has 1 amide bonds. The summed E-state index contributed by atoms with van der Waals surface area (Å²) in [5.74, 6) is -0.512. The van der Waals surface area contributed by atoms with Gasteiger partial charge in [0.15, 0.2) is 17.5 Å². The topological polar surface area (TPSA) is 95.6 Å². The zero-order chi connectivity index (χ0) is 21.6. The Kier molecular flexibility index (Phi) is 4.83. The summed E-state index contributed by atoms with van der Waals surface area (Å²) in [5.41, 5.74) is 0.854. The van der Waals surface area contributed by atoms with E-state index in [0.717, 1.165) is 44.5 Å². The number of carbonyl (C=O) groups excluding carboxylic acids is 1. The van der Waals surface area contributed by atoms with Crippen LogP contribution in [-0.2, 0) is 4.79 Å². The van der Waals surface area contributed by atoms with E-state index in [9.17, 15) is 13.6 Å². The van der Waals surface area contributed by atoms with Gasteiger partial charge < -0.3 is 15.6 Å². The molecule has 2 saturated carbocycles. The lowest BCUT2D eigenvalue weighted by atomic mass is 9.90. The Morgan fingerprint density at radius 1 is 1.19 bits per heavy atom. The van der Waals surface area contributed by atoms with E-state index in [4.69, 9.17) is 0 Å². The van der Waals surface area contributed by atoms with Crippen molar-refractivity contribution >= 4 is 22.8 Å². The van der Waals surface area contributed by atoms with Crippen molar-refractivity contribution in [3.63, 3.8) is 0 Å². The molecule has 0 bridgehead atoms. The Hall–Kier alpha value is -3.10. The second-order valence-electron chi connectivity index (χ2n) is 8.88. The summed E-state index contributed by atoms with van der Waals surface area (Å²) in [4.78, 5) is 27.8. The van der Waals surface area contributed by atoms with Crippen molar-refractivity contribution in [2.75, 3.05) is 5.32 Å². The fourth-order valence-corrected chi connectivity index (χ4v) is 4.18. The number of nitrogens with zero attached hydrogens (tertiary/aromatic N) is 3. The van der Waals surface area contributed by atoms with Gasteiger partial charge in [-0.05, 0) is 44.6 Å². The van der Waals surface area contributed by atoms with Crippen LogP contribution < -0.4 is 10.6 Å². The van der Waals surface area contributed by atoms with Crippen molar-refractivity contribution in [2.24, 2.45) is 5.41 Å². The minimum Gasteiger partial charge on any atom is -0.365 e. The lowest BCUT2D eigenvalue weighted by Gasteiger charge is -2.31. The van der Waals surface area contributed by atoms with Crippen LogP contribution in [0.5, 0.6) is 0 Å². The quantitative estimate of drug-likeness (QED) is 0.574. The number of hydrogen-bond donors (Lipinski definition) is 3. The van der Waals surface area contributed by atoms with Gasteiger partial charge in [0.1, 0.15) is 11.5 Å². The van der Waals surface area contributed by atoms with Crippen LogP contribution in [0, 0.1) is 17.0 Å². The van der Waals surface area contributed by atoms with E-state index in [1.165, 1.54) is 6.07 Å². The molecule has 0 aliphatic heterocycles. The SMILES string of the molecule is CC1(C(=O)N[C@@H]2CCC[C@H](Nc3nc(-c4c[nH]c5ncc(F)cc45)ncc3F)C2)CC1. The summed E-state index contributed by atoms with van der Waals surface area (Å²) in [5, 5.41) is 6.88. The Labute approximate surface area is 178 Å². The fraction of sp³-hybridized carbons (Fsp3) is 0.455. The van der Waals surface area contributed by atoms with E-state index in [0.29, 0.717) is 23.0 Å². The molecule has 31 heavy (non-hydrogen) atoms. The molecule has 3 heterocycles. The van der Waals surface area contributed by atoms with Crippen LogP contribution in [0.4, 0.5) is 14.6 Å². The summed E-state index contributed by atoms with van der Waals surface area (Å²) in [6, 6.07) is 1.41. The molecule has 0 unspecified atom stereocenters. The predicted molar refractivity (Wildman–Crippen MR) is 112 cm³/mol. The van der Waals surface area contributed by atoms with Crippen molar-refractivity contribution in [3.8, 4) is 11.4 Å². The number of fused-ring (bicyclic) bond motifs is 1. The van der Waals surface area contributed by atoms with Gasteiger partial charge in [-0.1, -0.05) is 6.92 Å². The van der Waals surface area contributed by atoms with Crippen LogP contribution in [-0.4, -0.2) is 37.9 Å². The summed E-state index contributed by atoms with van der Waals surface area (Å²) >= 11 is 0. The summed E-state index contributed by atoms with van der Waals surface area (Å²) in [6.45, 7) is 1.99. The molecule has 7 nitrogen and oxygen atoms in total. The molecule has 2 fully saturated rings. The van der Waals surface area contributed by atoms with E-state index < -0.39 is 11.6 Å². The third-order valence-electron chi connectivity index (χ3n) is 6.38. The third kappa shape index (κ3) is 3.96. The molecule has 0 radical (unpaired) electrons. The minimum absolute atomic E-state index is 0.00890. The predicted octanol–water partition coefficient (Wildman–Crippen LogP) is 3.94. The number of aromatic nitrogens is 4. The van der Waals surface area contributed by atoms with Crippen LogP contribution in [0.1, 0.15) is 45.4 Å². The largest absolute Gasteiger partial charge is 0.365 e. The van der Waals surface area contributed by atoms with Gasteiger partial charge in [0.05, 0.1) is 12.4 Å². The van der Waals surface area contributed by atoms with E-state index >= 15 is 0 Å². The lowest BCUT2D eigenvalue weighted by Crippen LogP contribution is -2.44. The van der Waals surface area contributed by atoms with E-state index in [1.807, 2.05) is 6.92 Å². The molecule has 2 aliphatic carbocycles. The highest BCUT2D eigenvalue weighted by molar-refractivity contribution is 5.91. The first-order valence-electron chi connectivity index (χ1n) is 10.6. The van der Waals surface area contributed by atoms with Gasteiger partial charge in [0.2, 0.25) is 5.91 Å². The molecular weight excluding hydrogens is 402 g/mol. The van der Waals surface area contributed by atoms with Crippen LogP contribution in [0.3, 0.4) is 0 Å². The van der Waals surface area contributed by atoms with Gasteiger partial charge >= 0.3 is 0 Å². The highest BCUT2D eigenvalue weighted by Crippen LogP contribution is 2.45. The number of nitrogens with one attached hydrogen (secondary N) is 3. The summed E-state index contributed by atoms with van der Waals surface area (Å²) in [7, 11) is 0. The molecule has 3 N–H and O–H groups in total. The number of anilines is 1. The van der Waals surface area contributed by atoms with Crippen LogP contribution in [0.25, 0.3) is 22.4 Å². The lowest BCUT2D eigenvalue weighted by molar-refractivity contribution is -0.126. The van der Waals surface area contributed by atoms with Gasteiger partial charge in [-0.15, -0.1) is 0 Å². The van der Waals surface area contributed by atoms with Crippen LogP contribution in [0.15, 0.2) is 24.7 Å².